The molecule has 0 radical (unpaired) electrons. The van der Waals surface area contributed by atoms with E-state index in [9.17, 15) is 9.18 Å². The Morgan fingerprint density at radius 1 is 1.58 bits per heavy atom. The molecule has 1 aromatic carbocycles. The van der Waals surface area contributed by atoms with Crippen LogP contribution in [0.2, 0.25) is 0 Å². The largest absolute Gasteiger partial charge is 0.329 e. The molecule has 100 valence electrons. The number of carbonyl (C=O) groups excluding carboxylic acids is 1. The molecule has 0 heterocycles. The summed E-state index contributed by atoms with van der Waals surface area (Å²) in [7, 11) is 0. The van der Waals surface area contributed by atoms with Crippen LogP contribution in [0, 0.1) is 29.5 Å². The van der Waals surface area contributed by atoms with Crippen LogP contribution in [0.15, 0.2) is 12.1 Å². The van der Waals surface area contributed by atoms with Gasteiger partial charge in [0.1, 0.15) is 5.82 Å². The van der Waals surface area contributed by atoms with E-state index in [-0.39, 0.29) is 18.0 Å². The lowest BCUT2D eigenvalue weighted by Gasteiger charge is -2.39. The zero-order valence-electron chi connectivity index (χ0n) is 10.8. The van der Waals surface area contributed by atoms with Crippen molar-refractivity contribution < 1.29 is 9.18 Å². The number of nitrogens with one attached hydrogen (secondary N) is 1. The van der Waals surface area contributed by atoms with Crippen molar-refractivity contribution in [1.82, 2.24) is 0 Å². The number of halogens is 1. The lowest BCUT2D eigenvalue weighted by Crippen LogP contribution is -2.47. The minimum absolute atomic E-state index is 0.182. The molecule has 0 aliphatic heterocycles. The van der Waals surface area contributed by atoms with Crippen LogP contribution >= 0.6 is 0 Å². The van der Waals surface area contributed by atoms with Gasteiger partial charge in [-0.15, -0.1) is 0 Å². The lowest BCUT2D eigenvalue weighted by molar-refractivity contribution is -0.129. The van der Waals surface area contributed by atoms with Crippen molar-refractivity contribution in [2.45, 2.75) is 26.2 Å². The molecule has 5 heteroatoms. The average Bonchev–Trinajstić information content (AvgIpc) is 2.34. The van der Waals surface area contributed by atoms with Crippen LogP contribution in [0.5, 0.6) is 0 Å². The van der Waals surface area contributed by atoms with E-state index >= 15 is 0 Å². The van der Waals surface area contributed by atoms with E-state index in [4.69, 9.17) is 11.0 Å². The van der Waals surface area contributed by atoms with Crippen LogP contribution in [-0.4, -0.2) is 12.5 Å². The zero-order valence-corrected chi connectivity index (χ0v) is 10.8. The van der Waals surface area contributed by atoms with Crippen LogP contribution in [0.1, 0.15) is 30.4 Å². The second-order valence-corrected chi connectivity index (χ2v) is 5.03. The molecule has 0 unspecified atom stereocenters. The summed E-state index contributed by atoms with van der Waals surface area (Å²) < 4.78 is 13.6. The Hall–Kier alpha value is -1.93. The van der Waals surface area contributed by atoms with E-state index in [0.717, 1.165) is 25.3 Å². The summed E-state index contributed by atoms with van der Waals surface area (Å²) in [4.78, 5) is 12.2. The summed E-state index contributed by atoms with van der Waals surface area (Å²) >= 11 is 0. The fraction of sp³-hybridized carbons (Fsp3) is 0.429. The van der Waals surface area contributed by atoms with E-state index in [1.807, 2.05) is 6.07 Å². The van der Waals surface area contributed by atoms with Gasteiger partial charge in [-0.05, 0) is 31.9 Å². The number of carbonyl (C=O) groups is 1. The first-order valence-electron chi connectivity index (χ1n) is 6.24. The van der Waals surface area contributed by atoms with Crippen molar-refractivity contribution in [3.05, 3.63) is 29.1 Å². The third kappa shape index (κ3) is 2.32. The van der Waals surface area contributed by atoms with Gasteiger partial charge >= 0.3 is 0 Å². The molecule has 1 aromatic rings. The van der Waals surface area contributed by atoms with Gasteiger partial charge in [0, 0.05) is 17.8 Å². The first kappa shape index (κ1) is 13.5. The maximum Gasteiger partial charge on any atom is 0.231 e. The number of benzene rings is 1. The highest BCUT2D eigenvalue weighted by Crippen LogP contribution is 2.41. The molecule has 0 aromatic heterocycles. The number of hydrogen-bond acceptors (Lipinski definition) is 3. The second-order valence-electron chi connectivity index (χ2n) is 5.03. The van der Waals surface area contributed by atoms with Crippen molar-refractivity contribution in [2.24, 2.45) is 11.1 Å². The van der Waals surface area contributed by atoms with E-state index < -0.39 is 11.2 Å². The lowest BCUT2D eigenvalue weighted by atomic mass is 9.68. The Bertz CT molecular complexity index is 553. The normalized spacial score (nSPS) is 16.3. The van der Waals surface area contributed by atoms with Crippen LogP contribution in [0.25, 0.3) is 0 Å². The van der Waals surface area contributed by atoms with Gasteiger partial charge in [0.2, 0.25) is 5.91 Å². The second kappa shape index (κ2) is 4.98. The van der Waals surface area contributed by atoms with E-state index in [2.05, 4.69) is 5.32 Å². The summed E-state index contributed by atoms with van der Waals surface area (Å²) in [6, 6.07) is 4.52. The summed E-state index contributed by atoms with van der Waals surface area (Å²) in [6.07, 6.45) is 2.50. The fourth-order valence-corrected chi connectivity index (χ4v) is 2.26. The Morgan fingerprint density at radius 3 is 2.74 bits per heavy atom. The Balaban J connectivity index is 2.26. The first-order chi connectivity index (χ1) is 9.02. The fourth-order valence-electron chi connectivity index (χ4n) is 2.26. The van der Waals surface area contributed by atoms with Crippen molar-refractivity contribution >= 4 is 11.6 Å². The maximum atomic E-state index is 13.6. The van der Waals surface area contributed by atoms with Gasteiger partial charge in [0.15, 0.2) is 0 Å². The van der Waals surface area contributed by atoms with Crippen LogP contribution in [0.3, 0.4) is 0 Å². The smallest absolute Gasteiger partial charge is 0.231 e. The molecule has 1 fully saturated rings. The Morgan fingerprint density at radius 2 is 2.26 bits per heavy atom. The van der Waals surface area contributed by atoms with Crippen LogP contribution < -0.4 is 11.1 Å². The molecule has 1 amide bonds. The number of anilines is 1. The van der Waals surface area contributed by atoms with Gasteiger partial charge in [0.05, 0.1) is 17.0 Å². The van der Waals surface area contributed by atoms with Gasteiger partial charge in [-0.2, -0.15) is 5.26 Å². The van der Waals surface area contributed by atoms with Gasteiger partial charge < -0.3 is 11.1 Å². The molecular weight excluding hydrogens is 245 g/mol. The highest BCUT2D eigenvalue weighted by molar-refractivity contribution is 5.96. The topological polar surface area (TPSA) is 78.9 Å². The van der Waals surface area contributed by atoms with E-state index in [0.29, 0.717) is 11.3 Å². The predicted octanol–water partition coefficient (Wildman–Crippen LogP) is 2.07. The Labute approximate surface area is 111 Å². The SMILES string of the molecule is Cc1c(F)cc(C#N)cc1NC(=O)C1(CN)CCC1. The predicted molar refractivity (Wildman–Crippen MR) is 69.8 cm³/mol. The van der Waals surface area contributed by atoms with E-state index in [1.165, 1.54) is 6.07 Å². The number of nitrogens with two attached hydrogens (primary N) is 1. The number of rotatable bonds is 3. The number of amides is 1. The van der Waals surface area contributed by atoms with Crippen LogP contribution in [0.4, 0.5) is 10.1 Å². The van der Waals surface area contributed by atoms with Crippen molar-refractivity contribution in [1.29, 1.82) is 5.26 Å². The summed E-state index contributed by atoms with van der Waals surface area (Å²) in [5.41, 5.74) is 6.01. The summed E-state index contributed by atoms with van der Waals surface area (Å²) in [6.45, 7) is 1.86. The summed E-state index contributed by atoms with van der Waals surface area (Å²) in [5.74, 6) is -0.677. The molecule has 1 aliphatic rings. The zero-order chi connectivity index (χ0) is 14.0. The monoisotopic (exact) mass is 261 g/mol. The number of nitriles is 1. The number of hydrogen-bond donors (Lipinski definition) is 2. The highest BCUT2D eigenvalue weighted by atomic mass is 19.1. The minimum atomic E-state index is -0.522. The molecule has 0 saturated heterocycles. The molecule has 1 saturated carbocycles. The molecule has 19 heavy (non-hydrogen) atoms. The Kier molecular flexibility index (Phi) is 3.54. The molecule has 2 rings (SSSR count). The molecular formula is C14H16FN3O. The third-order valence-electron chi connectivity index (χ3n) is 3.90. The molecule has 0 atom stereocenters. The standard InChI is InChI=1S/C14H16FN3O/c1-9-11(15)5-10(7-16)6-12(9)18-13(19)14(8-17)3-2-4-14/h5-6H,2-4,8,17H2,1H3,(H,18,19). The number of nitrogens with zero attached hydrogens (tertiary/aromatic N) is 1. The quantitative estimate of drug-likeness (QED) is 0.874. The molecule has 0 spiro atoms. The van der Waals surface area contributed by atoms with Crippen molar-refractivity contribution in [2.75, 3.05) is 11.9 Å². The molecule has 3 N–H and O–H groups in total. The molecule has 4 nitrogen and oxygen atoms in total. The van der Waals surface area contributed by atoms with E-state index in [1.54, 1.807) is 6.92 Å². The maximum absolute atomic E-state index is 13.6. The van der Waals surface area contributed by atoms with Gasteiger partial charge in [-0.1, -0.05) is 6.42 Å². The summed E-state index contributed by atoms with van der Waals surface area (Å²) in [5, 5.41) is 11.5. The van der Waals surface area contributed by atoms with Crippen LogP contribution in [-0.2, 0) is 4.79 Å². The highest BCUT2D eigenvalue weighted by Gasteiger charge is 2.42. The third-order valence-corrected chi connectivity index (χ3v) is 3.90. The average molecular weight is 261 g/mol. The van der Waals surface area contributed by atoms with Gasteiger partial charge in [0.25, 0.3) is 0 Å². The van der Waals surface area contributed by atoms with Crippen molar-refractivity contribution in [3.8, 4) is 6.07 Å². The van der Waals surface area contributed by atoms with Gasteiger partial charge in [-0.25, -0.2) is 4.39 Å². The van der Waals surface area contributed by atoms with Crippen molar-refractivity contribution in [3.63, 3.8) is 0 Å². The van der Waals surface area contributed by atoms with Gasteiger partial charge in [-0.3, -0.25) is 4.79 Å². The molecule has 0 bridgehead atoms. The molecule has 1 aliphatic carbocycles. The minimum Gasteiger partial charge on any atom is -0.329 e. The first-order valence-corrected chi connectivity index (χ1v) is 6.24.